The van der Waals surface area contributed by atoms with Gasteiger partial charge in [-0.3, -0.25) is 4.79 Å². The van der Waals surface area contributed by atoms with E-state index in [0.717, 1.165) is 0 Å². The number of hydrogen-bond acceptors (Lipinski definition) is 4. The summed E-state index contributed by atoms with van der Waals surface area (Å²) >= 11 is 0. The van der Waals surface area contributed by atoms with Crippen molar-refractivity contribution in [1.29, 1.82) is 0 Å². The highest BCUT2D eigenvalue weighted by Gasteiger charge is 2.20. The molecule has 1 aliphatic rings. The Bertz CT molecular complexity index is 239. The van der Waals surface area contributed by atoms with Crippen molar-refractivity contribution >= 4 is 5.97 Å². The van der Waals surface area contributed by atoms with Gasteiger partial charge in [0, 0.05) is 12.6 Å². The van der Waals surface area contributed by atoms with Crippen molar-refractivity contribution < 1.29 is 14.6 Å². The first kappa shape index (κ1) is 15.4. The van der Waals surface area contributed by atoms with Crippen molar-refractivity contribution in [2.24, 2.45) is 5.92 Å². The molecular weight excluding hydrogens is 230 g/mol. The average Bonchev–Trinajstić information content (AvgIpc) is 2.37. The highest BCUT2D eigenvalue weighted by atomic mass is 16.5. The lowest BCUT2D eigenvalue weighted by molar-refractivity contribution is -0.145. The van der Waals surface area contributed by atoms with E-state index in [1.807, 2.05) is 0 Å². The Balaban J connectivity index is 2.16. The van der Waals surface area contributed by atoms with Gasteiger partial charge in [0.15, 0.2) is 0 Å². The fourth-order valence-corrected chi connectivity index (χ4v) is 2.61. The number of esters is 1. The van der Waals surface area contributed by atoms with Gasteiger partial charge in [-0.15, -0.1) is 0 Å². The third kappa shape index (κ3) is 5.83. The van der Waals surface area contributed by atoms with Gasteiger partial charge in [0.1, 0.15) is 0 Å². The Morgan fingerprint density at radius 1 is 1.39 bits per heavy atom. The molecule has 1 fully saturated rings. The first-order chi connectivity index (χ1) is 8.63. The van der Waals surface area contributed by atoms with Gasteiger partial charge in [-0.2, -0.15) is 0 Å². The van der Waals surface area contributed by atoms with E-state index in [2.05, 4.69) is 12.2 Å². The molecular formula is C14H27NO3. The topological polar surface area (TPSA) is 58.6 Å². The van der Waals surface area contributed by atoms with Gasteiger partial charge in [0.05, 0.1) is 19.1 Å². The van der Waals surface area contributed by atoms with Gasteiger partial charge in [-0.1, -0.05) is 19.3 Å². The molecule has 0 aromatic rings. The summed E-state index contributed by atoms with van der Waals surface area (Å²) in [5, 5.41) is 13.1. The van der Waals surface area contributed by atoms with Crippen molar-refractivity contribution in [2.75, 3.05) is 13.2 Å². The van der Waals surface area contributed by atoms with E-state index in [1.165, 1.54) is 32.1 Å². The first-order valence-electron chi connectivity index (χ1n) is 7.20. The number of rotatable bonds is 7. The number of aliphatic hydroxyl groups is 1. The molecule has 0 saturated heterocycles. The quantitative estimate of drug-likeness (QED) is 0.683. The van der Waals surface area contributed by atoms with E-state index in [1.54, 1.807) is 6.92 Å². The summed E-state index contributed by atoms with van der Waals surface area (Å²) in [6, 6.07) is 0.419. The Kier molecular flexibility index (Phi) is 7.28. The molecule has 0 amide bonds. The van der Waals surface area contributed by atoms with Crippen molar-refractivity contribution in [2.45, 2.75) is 64.5 Å². The molecule has 2 atom stereocenters. The number of ether oxygens (including phenoxy) is 1. The van der Waals surface area contributed by atoms with Crippen LogP contribution in [0.2, 0.25) is 0 Å². The van der Waals surface area contributed by atoms with Gasteiger partial charge in [-0.25, -0.2) is 0 Å². The predicted molar refractivity (Wildman–Crippen MR) is 71.3 cm³/mol. The normalized spacial score (nSPS) is 20.4. The van der Waals surface area contributed by atoms with Crippen LogP contribution in [0.25, 0.3) is 0 Å². The van der Waals surface area contributed by atoms with Crippen LogP contribution < -0.4 is 5.32 Å². The van der Waals surface area contributed by atoms with Crippen molar-refractivity contribution in [3.05, 3.63) is 0 Å². The molecule has 0 bridgehead atoms. The molecule has 0 heterocycles. The fourth-order valence-electron chi connectivity index (χ4n) is 2.61. The maximum absolute atomic E-state index is 11.2. The minimum atomic E-state index is -0.643. The van der Waals surface area contributed by atoms with Crippen LogP contribution in [0.3, 0.4) is 0 Å². The second kappa shape index (κ2) is 8.48. The van der Waals surface area contributed by atoms with Crippen molar-refractivity contribution in [1.82, 2.24) is 5.32 Å². The van der Waals surface area contributed by atoms with E-state index >= 15 is 0 Å². The minimum absolute atomic E-state index is 0.0816. The zero-order chi connectivity index (χ0) is 13.4. The molecule has 1 saturated carbocycles. The zero-order valence-electron chi connectivity index (χ0n) is 11.7. The van der Waals surface area contributed by atoms with E-state index in [0.29, 0.717) is 25.1 Å². The zero-order valence-corrected chi connectivity index (χ0v) is 11.7. The summed E-state index contributed by atoms with van der Waals surface area (Å²) in [5.41, 5.74) is 0. The number of aliphatic hydroxyl groups excluding tert-OH is 1. The first-order valence-corrected chi connectivity index (χ1v) is 7.20. The number of carbonyl (C=O) groups excluding carboxylic acids is 1. The van der Waals surface area contributed by atoms with Crippen LogP contribution >= 0.6 is 0 Å². The van der Waals surface area contributed by atoms with Gasteiger partial charge < -0.3 is 15.2 Å². The molecule has 0 radical (unpaired) electrons. The van der Waals surface area contributed by atoms with Gasteiger partial charge >= 0.3 is 5.97 Å². The summed E-state index contributed by atoms with van der Waals surface area (Å²) in [5.74, 6) is 0.394. The lowest BCUT2D eigenvalue weighted by Gasteiger charge is -2.29. The molecule has 1 unspecified atom stereocenters. The minimum Gasteiger partial charge on any atom is -0.466 e. The smallest absolute Gasteiger partial charge is 0.308 e. The molecule has 4 nitrogen and oxygen atoms in total. The number of nitrogens with one attached hydrogen (secondary N) is 1. The van der Waals surface area contributed by atoms with Gasteiger partial charge in [-0.05, 0) is 32.6 Å². The van der Waals surface area contributed by atoms with Gasteiger partial charge in [0.2, 0.25) is 0 Å². The average molecular weight is 257 g/mol. The highest BCUT2D eigenvalue weighted by Crippen LogP contribution is 2.26. The van der Waals surface area contributed by atoms with E-state index < -0.39 is 6.10 Å². The van der Waals surface area contributed by atoms with Crippen LogP contribution in [0.5, 0.6) is 0 Å². The van der Waals surface area contributed by atoms with E-state index in [4.69, 9.17) is 4.74 Å². The number of carbonyl (C=O) groups is 1. The second-order valence-electron chi connectivity index (χ2n) is 5.26. The molecule has 0 aromatic carbocycles. The molecule has 1 rings (SSSR count). The third-order valence-corrected chi connectivity index (χ3v) is 3.74. The lowest BCUT2D eigenvalue weighted by Crippen LogP contribution is -2.39. The molecule has 0 aromatic heterocycles. The van der Waals surface area contributed by atoms with Crippen LogP contribution in [-0.4, -0.2) is 36.4 Å². The summed E-state index contributed by atoms with van der Waals surface area (Å²) in [6.45, 7) is 4.79. The highest BCUT2D eigenvalue weighted by molar-refractivity contribution is 5.69. The van der Waals surface area contributed by atoms with Crippen molar-refractivity contribution in [3.8, 4) is 0 Å². The molecule has 18 heavy (non-hydrogen) atoms. The van der Waals surface area contributed by atoms with Crippen molar-refractivity contribution in [3.63, 3.8) is 0 Å². The predicted octanol–water partition coefficient (Wildman–Crippen LogP) is 1.86. The Morgan fingerprint density at radius 3 is 2.67 bits per heavy atom. The molecule has 4 heteroatoms. The summed E-state index contributed by atoms with van der Waals surface area (Å²) < 4.78 is 4.81. The summed E-state index contributed by atoms with van der Waals surface area (Å²) in [4.78, 5) is 11.2. The molecule has 2 N–H and O–H groups in total. The van der Waals surface area contributed by atoms with Gasteiger partial charge in [0.25, 0.3) is 0 Å². The fraction of sp³-hybridized carbons (Fsp3) is 0.929. The monoisotopic (exact) mass is 257 g/mol. The van der Waals surface area contributed by atoms with Crippen LogP contribution in [-0.2, 0) is 9.53 Å². The molecule has 0 spiro atoms. The lowest BCUT2D eigenvalue weighted by atomic mass is 9.84. The standard InChI is InChI=1S/C14H27NO3/c1-3-18-14(17)9-13(16)10-15-11(2)12-7-5-4-6-8-12/h11-13,15-16H,3-10H2,1-2H3/t11-,13?/m1/s1. The molecule has 0 aliphatic heterocycles. The maximum Gasteiger partial charge on any atom is 0.308 e. The van der Waals surface area contributed by atoms with Crippen LogP contribution in [0.4, 0.5) is 0 Å². The maximum atomic E-state index is 11.2. The third-order valence-electron chi connectivity index (χ3n) is 3.74. The Morgan fingerprint density at radius 2 is 2.06 bits per heavy atom. The van der Waals surface area contributed by atoms with Crippen LogP contribution in [0.15, 0.2) is 0 Å². The van der Waals surface area contributed by atoms with E-state index in [9.17, 15) is 9.90 Å². The summed E-state index contributed by atoms with van der Waals surface area (Å²) in [6.07, 6.45) is 6.00. The number of hydrogen-bond donors (Lipinski definition) is 2. The second-order valence-corrected chi connectivity index (χ2v) is 5.26. The summed E-state index contributed by atoms with van der Waals surface area (Å²) in [7, 11) is 0. The SMILES string of the molecule is CCOC(=O)CC(O)CN[C@H](C)C1CCCCC1. The van der Waals surface area contributed by atoms with Crippen LogP contribution in [0, 0.1) is 5.92 Å². The van der Waals surface area contributed by atoms with Crippen LogP contribution in [0.1, 0.15) is 52.4 Å². The van der Waals surface area contributed by atoms with E-state index in [-0.39, 0.29) is 12.4 Å². The largest absolute Gasteiger partial charge is 0.466 e. The Labute approximate surface area is 110 Å². The Hall–Kier alpha value is -0.610. The molecule has 106 valence electrons. The molecule has 1 aliphatic carbocycles.